The lowest BCUT2D eigenvalue weighted by Gasteiger charge is -2.33. The molecule has 0 aromatic carbocycles. The van der Waals surface area contributed by atoms with E-state index in [0.717, 1.165) is 0 Å². The molecule has 0 aromatic rings. The Kier molecular flexibility index (Phi) is 4.94. The Bertz CT molecular complexity index is 312. The second-order valence-electron chi connectivity index (χ2n) is 4.17. The van der Waals surface area contributed by atoms with E-state index in [2.05, 4.69) is 0 Å². The van der Waals surface area contributed by atoms with E-state index >= 15 is 0 Å². The summed E-state index contributed by atoms with van der Waals surface area (Å²) in [7, 11) is 0. The topological polar surface area (TPSA) is 52.7 Å². The van der Waals surface area contributed by atoms with Crippen molar-refractivity contribution in [3.8, 4) is 0 Å². The quantitative estimate of drug-likeness (QED) is 0.772. The number of hydrogen-bond acceptors (Lipinski definition) is 3. The number of nitrogens with zero attached hydrogens (tertiary/aromatic N) is 2. The highest BCUT2D eigenvalue weighted by Crippen LogP contribution is 2.12. The summed E-state index contributed by atoms with van der Waals surface area (Å²) in [5.41, 5.74) is 0. The van der Waals surface area contributed by atoms with Crippen molar-refractivity contribution in [1.29, 1.82) is 0 Å². The number of carbonyl (C=O) groups excluding carboxylic acids is 2. The fourth-order valence-corrected chi connectivity index (χ4v) is 1.68. The molecule has 1 saturated heterocycles. The summed E-state index contributed by atoms with van der Waals surface area (Å²) in [5, 5.41) is 1.82. The third kappa shape index (κ3) is 5.35. The van der Waals surface area contributed by atoms with Crippen LogP contribution in [0.5, 0.6) is 0 Å². The summed E-state index contributed by atoms with van der Waals surface area (Å²) in [6, 6.07) is 0. The number of halogens is 3. The van der Waals surface area contributed by atoms with E-state index in [0.29, 0.717) is 26.2 Å². The lowest BCUT2D eigenvalue weighted by Crippen LogP contribution is -2.51. The second kappa shape index (κ2) is 6.03. The van der Waals surface area contributed by atoms with Crippen LogP contribution in [0.4, 0.5) is 13.2 Å². The predicted octanol–water partition coefficient (Wildman–Crippen LogP) is -0.171. The molecule has 5 nitrogen and oxygen atoms in total. The fraction of sp³-hybridized carbons (Fsp3) is 0.800. The molecular formula is C10H16F3N3O2. The largest absolute Gasteiger partial charge is 0.405 e. The standard InChI is InChI=1S/C10H16F3N3O2/c1-8(17)16-4-2-15(3-5-16)6-9(18)14-7-10(11,12)13/h2-7H2,1H3,(H,14,18). The zero-order valence-electron chi connectivity index (χ0n) is 10.1. The van der Waals surface area contributed by atoms with Crippen molar-refractivity contribution in [2.45, 2.75) is 13.1 Å². The molecule has 1 rings (SSSR count). The van der Waals surface area contributed by atoms with Gasteiger partial charge in [-0.25, -0.2) is 0 Å². The van der Waals surface area contributed by atoms with Crippen LogP contribution in [0.2, 0.25) is 0 Å². The van der Waals surface area contributed by atoms with E-state index in [1.165, 1.54) is 6.92 Å². The average molecular weight is 267 g/mol. The molecule has 0 radical (unpaired) electrons. The van der Waals surface area contributed by atoms with Crippen molar-refractivity contribution in [1.82, 2.24) is 15.1 Å². The molecule has 2 amide bonds. The molecule has 1 fully saturated rings. The molecule has 0 bridgehead atoms. The van der Waals surface area contributed by atoms with Gasteiger partial charge in [0.15, 0.2) is 0 Å². The van der Waals surface area contributed by atoms with Crippen molar-refractivity contribution < 1.29 is 22.8 Å². The molecule has 0 spiro atoms. The van der Waals surface area contributed by atoms with Gasteiger partial charge < -0.3 is 10.2 Å². The van der Waals surface area contributed by atoms with Crippen LogP contribution in [0.3, 0.4) is 0 Å². The van der Waals surface area contributed by atoms with Gasteiger partial charge in [-0.1, -0.05) is 0 Å². The monoisotopic (exact) mass is 267 g/mol. The van der Waals surface area contributed by atoms with Crippen molar-refractivity contribution in [2.24, 2.45) is 0 Å². The molecule has 1 heterocycles. The normalized spacial score (nSPS) is 17.7. The zero-order valence-corrected chi connectivity index (χ0v) is 10.1. The minimum atomic E-state index is -4.39. The van der Waals surface area contributed by atoms with Crippen molar-refractivity contribution >= 4 is 11.8 Å². The van der Waals surface area contributed by atoms with Gasteiger partial charge in [0.25, 0.3) is 0 Å². The third-order valence-corrected chi connectivity index (χ3v) is 2.67. The summed E-state index contributed by atoms with van der Waals surface area (Å²) >= 11 is 0. The second-order valence-corrected chi connectivity index (χ2v) is 4.17. The first-order chi connectivity index (χ1) is 8.28. The number of hydrogen-bond donors (Lipinski definition) is 1. The number of rotatable bonds is 3. The molecule has 0 unspecified atom stereocenters. The summed E-state index contributed by atoms with van der Waals surface area (Å²) < 4.78 is 35.6. The first-order valence-electron chi connectivity index (χ1n) is 5.59. The fourth-order valence-electron chi connectivity index (χ4n) is 1.68. The Hall–Kier alpha value is -1.31. The van der Waals surface area contributed by atoms with Gasteiger partial charge in [-0.2, -0.15) is 13.2 Å². The maximum atomic E-state index is 11.9. The molecule has 0 saturated carbocycles. The van der Waals surface area contributed by atoms with E-state index in [4.69, 9.17) is 0 Å². The maximum absolute atomic E-state index is 11.9. The number of alkyl halides is 3. The van der Waals surface area contributed by atoms with Crippen LogP contribution in [0.1, 0.15) is 6.92 Å². The lowest BCUT2D eigenvalue weighted by atomic mass is 10.3. The number of piperazine rings is 1. The molecule has 1 aliphatic rings. The van der Waals surface area contributed by atoms with E-state index in [1.54, 1.807) is 9.80 Å². The highest BCUT2D eigenvalue weighted by molar-refractivity contribution is 5.78. The molecule has 1 N–H and O–H groups in total. The van der Waals surface area contributed by atoms with Crippen LogP contribution in [0.15, 0.2) is 0 Å². The molecular weight excluding hydrogens is 251 g/mol. The SMILES string of the molecule is CC(=O)N1CCN(CC(=O)NCC(F)(F)F)CC1. The van der Waals surface area contributed by atoms with Crippen molar-refractivity contribution in [3.63, 3.8) is 0 Å². The van der Waals surface area contributed by atoms with E-state index in [-0.39, 0.29) is 12.5 Å². The minimum absolute atomic E-state index is 0.0313. The molecule has 0 atom stereocenters. The van der Waals surface area contributed by atoms with Gasteiger partial charge in [0, 0.05) is 33.1 Å². The Morgan fingerprint density at radius 2 is 1.72 bits per heavy atom. The summed E-state index contributed by atoms with van der Waals surface area (Å²) in [4.78, 5) is 25.7. The Morgan fingerprint density at radius 1 is 1.17 bits per heavy atom. The molecule has 0 aromatic heterocycles. The van der Waals surface area contributed by atoms with Crippen molar-refractivity contribution in [2.75, 3.05) is 39.3 Å². The average Bonchev–Trinajstić information content (AvgIpc) is 2.26. The number of carbonyl (C=O) groups is 2. The minimum Gasteiger partial charge on any atom is -0.346 e. The van der Waals surface area contributed by atoms with Gasteiger partial charge in [0.1, 0.15) is 6.54 Å². The van der Waals surface area contributed by atoms with Gasteiger partial charge >= 0.3 is 6.18 Å². The highest BCUT2D eigenvalue weighted by atomic mass is 19.4. The Labute approximate surface area is 103 Å². The van der Waals surface area contributed by atoms with E-state index in [9.17, 15) is 22.8 Å². The van der Waals surface area contributed by atoms with Gasteiger partial charge in [0.2, 0.25) is 11.8 Å². The van der Waals surface area contributed by atoms with Crippen LogP contribution < -0.4 is 5.32 Å². The van der Waals surface area contributed by atoms with Crippen molar-refractivity contribution in [3.05, 3.63) is 0 Å². The first kappa shape index (κ1) is 14.7. The third-order valence-electron chi connectivity index (χ3n) is 2.67. The molecule has 0 aliphatic carbocycles. The van der Waals surface area contributed by atoms with Gasteiger partial charge in [-0.05, 0) is 0 Å². The van der Waals surface area contributed by atoms with E-state index in [1.807, 2.05) is 5.32 Å². The van der Waals surface area contributed by atoms with Crippen LogP contribution in [0.25, 0.3) is 0 Å². The first-order valence-corrected chi connectivity index (χ1v) is 5.59. The smallest absolute Gasteiger partial charge is 0.346 e. The van der Waals surface area contributed by atoms with Gasteiger partial charge in [-0.3, -0.25) is 14.5 Å². The van der Waals surface area contributed by atoms with Crippen LogP contribution in [-0.4, -0.2) is 67.1 Å². The molecule has 8 heteroatoms. The summed E-state index contributed by atoms with van der Waals surface area (Å²) in [6.45, 7) is 2.09. The van der Waals surface area contributed by atoms with Gasteiger partial charge in [-0.15, -0.1) is 0 Å². The Morgan fingerprint density at radius 3 is 2.17 bits per heavy atom. The Balaban J connectivity index is 2.24. The summed E-state index contributed by atoms with van der Waals surface area (Å²) in [5.74, 6) is -0.681. The zero-order chi connectivity index (χ0) is 13.8. The highest BCUT2D eigenvalue weighted by Gasteiger charge is 2.28. The number of nitrogens with one attached hydrogen (secondary N) is 1. The van der Waals surface area contributed by atoms with Crippen LogP contribution in [0, 0.1) is 0 Å². The number of amides is 2. The van der Waals surface area contributed by atoms with Gasteiger partial charge in [0.05, 0.1) is 6.54 Å². The van der Waals surface area contributed by atoms with Crippen LogP contribution in [-0.2, 0) is 9.59 Å². The molecule has 104 valence electrons. The summed E-state index contributed by atoms with van der Waals surface area (Å²) in [6.07, 6.45) is -4.39. The van der Waals surface area contributed by atoms with Crippen LogP contribution >= 0.6 is 0 Å². The maximum Gasteiger partial charge on any atom is 0.405 e. The molecule has 18 heavy (non-hydrogen) atoms. The molecule has 1 aliphatic heterocycles. The lowest BCUT2D eigenvalue weighted by molar-refractivity contribution is -0.139. The van der Waals surface area contributed by atoms with E-state index < -0.39 is 18.6 Å². The predicted molar refractivity (Wildman–Crippen MR) is 57.8 cm³/mol.